The molecule has 2 aromatic rings. The minimum Gasteiger partial charge on any atom is -0.497 e. The summed E-state index contributed by atoms with van der Waals surface area (Å²) in [7, 11) is 1.58. The minimum absolute atomic E-state index is 0.293. The van der Waals surface area contributed by atoms with Gasteiger partial charge >= 0.3 is 5.97 Å². The van der Waals surface area contributed by atoms with Crippen LogP contribution in [-0.4, -0.2) is 29.2 Å². The second-order valence-electron chi connectivity index (χ2n) is 8.71. The molecule has 5 nitrogen and oxygen atoms in total. The number of carbonyl (C=O) groups excluding carboxylic acids is 1. The van der Waals surface area contributed by atoms with Gasteiger partial charge in [-0.2, -0.15) is 0 Å². The van der Waals surface area contributed by atoms with Gasteiger partial charge in [0.2, 0.25) is 0 Å². The zero-order chi connectivity index (χ0) is 20.5. The molecule has 0 amide bonds. The summed E-state index contributed by atoms with van der Waals surface area (Å²) in [6.07, 6.45) is 1.59. The summed E-state index contributed by atoms with van der Waals surface area (Å²) in [6, 6.07) is 14.4. The van der Waals surface area contributed by atoms with Gasteiger partial charge in [0.05, 0.1) is 12.7 Å². The number of ether oxygens (including phenoxy) is 2. The second kappa shape index (κ2) is 7.57. The van der Waals surface area contributed by atoms with E-state index < -0.39 is 17.0 Å². The van der Waals surface area contributed by atoms with Crippen LogP contribution in [0.15, 0.2) is 48.5 Å². The van der Waals surface area contributed by atoms with Gasteiger partial charge in [0.25, 0.3) is 0 Å². The number of rotatable bonds is 4. The average Bonchev–Trinajstić information content (AvgIpc) is 2.66. The van der Waals surface area contributed by atoms with Gasteiger partial charge in [0.15, 0.2) is 0 Å². The SMILES string of the molecule is COc1ccc(C(=O)Oc2ccc(C3CC(C)(C)N([O])C(C)(C)C3)cc2)cc1. The fourth-order valence-corrected chi connectivity index (χ4v) is 4.20. The van der Waals surface area contributed by atoms with Crippen LogP contribution < -0.4 is 9.47 Å². The van der Waals surface area contributed by atoms with Crippen molar-refractivity contribution in [1.82, 2.24) is 5.06 Å². The molecule has 0 N–H and O–H groups in total. The Balaban J connectivity index is 1.70. The molecule has 0 unspecified atom stereocenters. The first kappa shape index (κ1) is 20.4. The van der Waals surface area contributed by atoms with Gasteiger partial charge in [0, 0.05) is 11.1 Å². The van der Waals surface area contributed by atoms with Crippen LogP contribution in [0.1, 0.15) is 62.4 Å². The van der Waals surface area contributed by atoms with Crippen molar-refractivity contribution in [3.63, 3.8) is 0 Å². The van der Waals surface area contributed by atoms with Gasteiger partial charge in [-0.05, 0) is 88.4 Å². The zero-order valence-electron chi connectivity index (χ0n) is 17.2. The molecular weight excluding hydrogens is 354 g/mol. The average molecular weight is 382 g/mol. The maximum absolute atomic E-state index is 12.5. The normalized spacial score (nSPS) is 19.2. The molecule has 3 rings (SSSR count). The Morgan fingerprint density at radius 2 is 1.39 bits per heavy atom. The third-order valence-electron chi connectivity index (χ3n) is 5.48. The number of benzene rings is 2. The fraction of sp³-hybridized carbons (Fsp3) is 0.435. The molecule has 0 aromatic heterocycles. The van der Waals surface area contributed by atoms with Crippen LogP contribution in [0, 0.1) is 0 Å². The van der Waals surface area contributed by atoms with Crippen LogP contribution in [0.25, 0.3) is 0 Å². The van der Waals surface area contributed by atoms with Crippen LogP contribution in [0.3, 0.4) is 0 Å². The van der Waals surface area contributed by atoms with E-state index >= 15 is 0 Å². The van der Waals surface area contributed by atoms with Crippen LogP contribution in [0.4, 0.5) is 0 Å². The molecular formula is C23H28NO4. The molecule has 0 spiro atoms. The summed E-state index contributed by atoms with van der Waals surface area (Å²) in [5.74, 6) is 1.08. The molecule has 1 fully saturated rings. The lowest BCUT2D eigenvalue weighted by Gasteiger charge is -2.50. The lowest BCUT2D eigenvalue weighted by atomic mass is 9.73. The first-order chi connectivity index (χ1) is 13.1. The molecule has 0 saturated carbocycles. The molecule has 5 heteroatoms. The van der Waals surface area contributed by atoms with Gasteiger partial charge < -0.3 is 9.47 Å². The number of nitrogens with zero attached hydrogens (tertiary/aromatic N) is 1. The molecule has 149 valence electrons. The number of methoxy groups -OCH3 is 1. The smallest absolute Gasteiger partial charge is 0.343 e. The first-order valence-corrected chi connectivity index (χ1v) is 9.56. The van der Waals surface area contributed by atoms with Crippen molar-refractivity contribution in [2.24, 2.45) is 0 Å². The van der Waals surface area contributed by atoms with E-state index in [1.54, 1.807) is 31.4 Å². The van der Waals surface area contributed by atoms with E-state index in [1.807, 2.05) is 52.0 Å². The summed E-state index contributed by atoms with van der Waals surface area (Å²) in [4.78, 5) is 12.3. The number of hydrogen-bond donors (Lipinski definition) is 0. The van der Waals surface area contributed by atoms with Crippen molar-refractivity contribution in [2.75, 3.05) is 7.11 Å². The fourth-order valence-electron chi connectivity index (χ4n) is 4.20. The molecule has 28 heavy (non-hydrogen) atoms. The van der Waals surface area contributed by atoms with Crippen LogP contribution in [0.2, 0.25) is 0 Å². The van der Waals surface area contributed by atoms with E-state index in [1.165, 1.54) is 10.6 Å². The van der Waals surface area contributed by atoms with Gasteiger partial charge in [0.1, 0.15) is 11.5 Å². The largest absolute Gasteiger partial charge is 0.497 e. The summed E-state index contributed by atoms with van der Waals surface area (Å²) in [6.45, 7) is 8.00. The standard InChI is InChI=1S/C23H28NO4/c1-22(2)14-18(15-23(3,4)24(22)26)16-6-12-20(13-7-16)28-21(25)17-8-10-19(27-5)11-9-17/h6-13,18H,14-15H2,1-5H3. The maximum atomic E-state index is 12.5. The zero-order valence-corrected chi connectivity index (χ0v) is 17.2. The summed E-state index contributed by atoms with van der Waals surface area (Å²) in [5, 5.41) is 13.8. The molecule has 0 atom stereocenters. The van der Waals surface area contributed by atoms with Crippen molar-refractivity contribution in [3.05, 3.63) is 59.7 Å². The third-order valence-corrected chi connectivity index (χ3v) is 5.48. The van der Waals surface area contributed by atoms with Crippen molar-refractivity contribution in [3.8, 4) is 11.5 Å². The Hall–Kier alpha value is -2.37. The Morgan fingerprint density at radius 1 is 0.893 bits per heavy atom. The molecule has 1 saturated heterocycles. The molecule has 0 bridgehead atoms. The number of esters is 1. The molecule has 1 radical (unpaired) electrons. The van der Waals surface area contributed by atoms with E-state index in [4.69, 9.17) is 9.47 Å². The van der Waals surface area contributed by atoms with Crippen molar-refractivity contribution >= 4 is 5.97 Å². The highest BCUT2D eigenvalue weighted by Crippen LogP contribution is 2.44. The van der Waals surface area contributed by atoms with E-state index in [0.717, 1.165) is 12.8 Å². The number of hydrogen-bond acceptors (Lipinski definition) is 4. The molecule has 0 aliphatic carbocycles. The Morgan fingerprint density at radius 3 is 1.89 bits per heavy atom. The quantitative estimate of drug-likeness (QED) is 0.552. The molecule has 1 heterocycles. The van der Waals surface area contributed by atoms with Gasteiger partial charge in [-0.15, -0.1) is 10.3 Å². The lowest BCUT2D eigenvalue weighted by Crippen LogP contribution is -2.57. The van der Waals surface area contributed by atoms with Crippen molar-refractivity contribution in [2.45, 2.75) is 57.5 Å². The van der Waals surface area contributed by atoms with Crippen LogP contribution >= 0.6 is 0 Å². The second-order valence-corrected chi connectivity index (χ2v) is 8.71. The summed E-state index contributed by atoms with van der Waals surface area (Å²) < 4.78 is 10.6. The van der Waals surface area contributed by atoms with E-state index in [0.29, 0.717) is 23.0 Å². The topological polar surface area (TPSA) is 58.7 Å². The third kappa shape index (κ3) is 4.21. The predicted molar refractivity (Wildman–Crippen MR) is 107 cm³/mol. The molecule has 1 aliphatic heterocycles. The first-order valence-electron chi connectivity index (χ1n) is 9.56. The number of hydroxylamine groups is 2. The summed E-state index contributed by atoms with van der Waals surface area (Å²) in [5.41, 5.74) is 0.812. The monoisotopic (exact) mass is 382 g/mol. The highest BCUT2D eigenvalue weighted by Gasteiger charge is 2.46. The highest BCUT2D eigenvalue weighted by atomic mass is 16.5. The van der Waals surface area contributed by atoms with Crippen molar-refractivity contribution < 1.29 is 19.5 Å². The molecule has 2 aromatic carbocycles. The van der Waals surface area contributed by atoms with Crippen molar-refractivity contribution in [1.29, 1.82) is 0 Å². The van der Waals surface area contributed by atoms with Gasteiger partial charge in [-0.3, -0.25) is 0 Å². The van der Waals surface area contributed by atoms with Crippen LogP contribution in [-0.2, 0) is 5.21 Å². The predicted octanol–water partition coefficient (Wildman–Crippen LogP) is 5.00. The van der Waals surface area contributed by atoms with E-state index in [9.17, 15) is 10.0 Å². The Kier molecular flexibility index (Phi) is 5.50. The highest BCUT2D eigenvalue weighted by molar-refractivity contribution is 5.91. The minimum atomic E-state index is -0.411. The van der Waals surface area contributed by atoms with Gasteiger partial charge in [-0.1, -0.05) is 12.1 Å². The Labute approximate surface area is 166 Å². The number of carbonyl (C=O) groups is 1. The Bertz CT molecular complexity index is 807. The number of piperidine rings is 1. The lowest BCUT2D eigenvalue weighted by molar-refractivity contribution is -0.289. The maximum Gasteiger partial charge on any atom is 0.343 e. The van der Waals surface area contributed by atoms with Crippen LogP contribution in [0.5, 0.6) is 11.5 Å². The summed E-state index contributed by atoms with van der Waals surface area (Å²) >= 11 is 0. The van der Waals surface area contributed by atoms with E-state index in [-0.39, 0.29) is 0 Å². The molecule has 1 aliphatic rings. The van der Waals surface area contributed by atoms with Gasteiger partial charge in [-0.25, -0.2) is 4.79 Å². The van der Waals surface area contributed by atoms with E-state index in [2.05, 4.69) is 0 Å².